The molecule has 4 rings (SSSR count). The second-order valence-electron chi connectivity index (χ2n) is 6.06. The summed E-state index contributed by atoms with van der Waals surface area (Å²) in [6, 6.07) is 20.9. The van der Waals surface area contributed by atoms with Crippen LogP contribution in [-0.2, 0) is 13.2 Å². The molecule has 0 fully saturated rings. The number of para-hydroxylation sites is 3. The Hall–Kier alpha value is -2.20. The van der Waals surface area contributed by atoms with E-state index in [9.17, 15) is 0 Å². The molecule has 27 heavy (non-hydrogen) atoms. The zero-order chi connectivity index (χ0) is 18.8. The summed E-state index contributed by atoms with van der Waals surface area (Å²) in [7, 11) is 0. The lowest BCUT2D eigenvalue weighted by Crippen LogP contribution is -2.09. The van der Waals surface area contributed by atoms with Gasteiger partial charge in [-0.15, -0.1) is 0 Å². The van der Waals surface area contributed by atoms with Gasteiger partial charge in [-0.25, -0.2) is 4.98 Å². The number of nitrogens with zero attached hydrogens (tertiary/aromatic N) is 2. The van der Waals surface area contributed by atoms with Crippen LogP contribution in [0.5, 0.6) is 5.75 Å². The van der Waals surface area contributed by atoms with E-state index in [4.69, 9.17) is 44.5 Å². The molecule has 1 aromatic heterocycles. The Morgan fingerprint density at radius 3 is 2.44 bits per heavy atom. The third kappa shape index (κ3) is 3.91. The highest BCUT2D eigenvalue weighted by molar-refractivity contribution is 6.35. The van der Waals surface area contributed by atoms with Crippen molar-refractivity contribution in [2.24, 2.45) is 0 Å². The lowest BCUT2D eigenvalue weighted by Gasteiger charge is -2.12. The number of ether oxygens (including phenoxy) is 1. The van der Waals surface area contributed by atoms with Gasteiger partial charge in [-0.05, 0) is 42.0 Å². The predicted molar refractivity (Wildman–Crippen MR) is 111 cm³/mol. The highest BCUT2D eigenvalue weighted by atomic mass is 35.5. The van der Waals surface area contributed by atoms with Crippen molar-refractivity contribution in [1.29, 1.82) is 0 Å². The van der Waals surface area contributed by atoms with Gasteiger partial charge in [0.1, 0.15) is 18.2 Å². The van der Waals surface area contributed by atoms with Crippen molar-refractivity contribution >= 4 is 45.8 Å². The van der Waals surface area contributed by atoms with Gasteiger partial charge in [0.15, 0.2) is 0 Å². The standard InChI is InChI=1S/C21H15Cl3N2O/c22-15-10-9-14(17(24)11-15)12-26-19-7-3-2-6-18(19)25-21(26)13-27-20-8-4-1-5-16(20)23/h1-11H,12-13H2. The number of benzene rings is 3. The first-order valence-electron chi connectivity index (χ1n) is 8.37. The van der Waals surface area contributed by atoms with Crippen LogP contribution in [0.1, 0.15) is 11.4 Å². The van der Waals surface area contributed by atoms with Crippen molar-refractivity contribution in [2.45, 2.75) is 13.2 Å². The minimum atomic E-state index is 0.295. The van der Waals surface area contributed by atoms with Crippen LogP contribution in [0.15, 0.2) is 66.7 Å². The fourth-order valence-electron chi connectivity index (χ4n) is 2.94. The van der Waals surface area contributed by atoms with Crippen molar-refractivity contribution in [2.75, 3.05) is 0 Å². The summed E-state index contributed by atoms with van der Waals surface area (Å²) in [6.07, 6.45) is 0. The van der Waals surface area contributed by atoms with Crippen LogP contribution >= 0.6 is 34.8 Å². The molecule has 0 saturated carbocycles. The zero-order valence-electron chi connectivity index (χ0n) is 14.2. The molecule has 4 aromatic rings. The van der Waals surface area contributed by atoms with E-state index in [1.54, 1.807) is 12.1 Å². The summed E-state index contributed by atoms with van der Waals surface area (Å²) in [5, 5.41) is 1.81. The highest BCUT2D eigenvalue weighted by Crippen LogP contribution is 2.27. The van der Waals surface area contributed by atoms with E-state index < -0.39 is 0 Å². The van der Waals surface area contributed by atoms with Crippen LogP contribution in [0.3, 0.4) is 0 Å². The van der Waals surface area contributed by atoms with E-state index in [1.165, 1.54) is 0 Å². The van der Waals surface area contributed by atoms with Gasteiger partial charge in [0.05, 0.1) is 22.6 Å². The molecule has 0 atom stereocenters. The molecule has 1 heterocycles. The summed E-state index contributed by atoms with van der Waals surface area (Å²) in [4.78, 5) is 4.73. The molecule has 0 radical (unpaired) electrons. The topological polar surface area (TPSA) is 27.1 Å². The molecule has 0 unspecified atom stereocenters. The summed E-state index contributed by atoms with van der Waals surface area (Å²) < 4.78 is 8.01. The van der Waals surface area contributed by atoms with E-state index in [-0.39, 0.29) is 0 Å². The first kappa shape index (κ1) is 18.2. The zero-order valence-corrected chi connectivity index (χ0v) is 16.5. The minimum absolute atomic E-state index is 0.295. The molecule has 3 nitrogen and oxygen atoms in total. The number of hydrogen-bond donors (Lipinski definition) is 0. The molecule has 0 aliphatic heterocycles. The lowest BCUT2D eigenvalue weighted by atomic mass is 10.2. The fourth-order valence-corrected chi connectivity index (χ4v) is 3.59. The van der Waals surface area contributed by atoms with Crippen LogP contribution in [0, 0.1) is 0 Å². The maximum atomic E-state index is 6.38. The monoisotopic (exact) mass is 416 g/mol. The van der Waals surface area contributed by atoms with Crippen LogP contribution in [0.2, 0.25) is 15.1 Å². The molecule has 0 bridgehead atoms. The van der Waals surface area contributed by atoms with Crippen molar-refractivity contribution in [1.82, 2.24) is 9.55 Å². The van der Waals surface area contributed by atoms with Gasteiger partial charge >= 0.3 is 0 Å². The van der Waals surface area contributed by atoms with Gasteiger partial charge in [-0.1, -0.05) is 65.1 Å². The molecule has 0 spiro atoms. The average molecular weight is 418 g/mol. The SMILES string of the molecule is Clc1ccc(Cn2c(COc3ccccc3Cl)nc3ccccc32)c(Cl)c1. The van der Waals surface area contributed by atoms with Crippen LogP contribution in [0.4, 0.5) is 0 Å². The van der Waals surface area contributed by atoms with E-state index in [0.717, 1.165) is 22.4 Å². The maximum Gasteiger partial charge on any atom is 0.148 e. The Kier molecular flexibility index (Phi) is 5.26. The van der Waals surface area contributed by atoms with Gasteiger partial charge in [-0.3, -0.25) is 0 Å². The van der Waals surface area contributed by atoms with Gasteiger partial charge in [0.25, 0.3) is 0 Å². The molecule has 0 amide bonds. The summed E-state index contributed by atoms with van der Waals surface area (Å²) in [5.41, 5.74) is 2.88. The molecule has 0 aliphatic rings. The number of aromatic nitrogens is 2. The first-order valence-corrected chi connectivity index (χ1v) is 9.50. The van der Waals surface area contributed by atoms with Crippen molar-refractivity contribution in [3.63, 3.8) is 0 Å². The molecule has 6 heteroatoms. The van der Waals surface area contributed by atoms with Crippen molar-refractivity contribution < 1.29 is 4.74 Å². The average Bonchev–Trinajstić information content (AvgIpc) is 3.01. The first-order chi connectivity index (χ1) is 13.1. The van der Waals surface area contributed by atoms with Gasteiger partial charge in [0, 0.05) is 10.0 Å². The third-order valence-corrected chi connectivity index (χ3v) is 5.17. The molecule has 0 N–H and O–H groups in total. The van der Waals surface area contributed by atoms with Crippen molar-refractivity contribution in [3.8, 4) is 5.75 Å². The fraction of sp³-hybridized carbons (Fsp3) is 0.0952. The Bertz CT molecular complexity index is 1110. The number of hydrogen-bond acceptors (Lipinski definition) is 2. The summed E-state index contributed by atoms with van der Waals surface area (Å²) in [5.74, 6) is 1.42. The van der Waals surface area contributed by atoms with Crippen LogP contribution < -0.4 is 4.74 Å². The smallest absolute Gasteiger partial charge is 0.148 e. The Labute approximate surface area is 172 Å². The molecule has 0 aliphatic carbocycles. The third-order valence-electron chi connectivity index (χ3n) is 4.27. The normalized spacial score (nSPS) is 11.1. The maximum absolute atomic E-state index is 6.38. The predicted octanol–water partition coefficient (Wildman–Crippen LogP) is 6.62. The van der Waals surface area contributed by atoms with Gasteiger partial charge in [-0.2, -0.15) is 0 Å². The second kappa shape index (κ2) is 7.81. The number of halogens is 3. The van der Waals surface area contributed by atoms with E-state index >= 15 is 0 Å². The van der Waals surface area contributed by atoms with E-state index in [1.807, 2.05) is 54.6 Å². The number of fused-ring (bicyclic) bond motifs is 1. The minimum Gasteiger partial charge on any atom is -0.484 e. The lowest BCUT2D eigenvalue weighted by molar-refractivity contribution is 0.291. The molecule has 0 saturated heterocycles. The van der Waals surface area contributed by atoms with E-state index in [0.29, 0.717) is 34.0 Å². The molecule has 3 aromatic carbocycles. The quantitative estimate of drug-likeness (QED) is 0.364. The van der Waals surface area contributed by atoms with E-state index in [2.05, 4.69) is 4.57 Å². The number of imidazole rings is 1. The van der Waals surface area contributed by atoms with Crippen LogP contribution in [-0.4, -0.2) is 9.55 Å². The van der Waals surface area contributed by atoms with Crippen LogP contribution in [0.25, 0.3) is 11.0 Å². The molecule has 136 valence electrons. The Morgan fingerprint density at radius 1 is 0.852 bits per heavy atom. The van der Waals surface area contributed by atoms with Gasteiger partial charge < -0.3 is 9.30 Å². The largest absolute Gasteiger partial charge is 0.484 e. The Balaban J connectivity index is 1.70. The summed E-state index contributed by atoms with van der Waals surface area (Å²) >= 11 is 18.6. The summed E-state index contributed by atoms with van der Waals surface area (Å²) in [6.45, 7) is 0.862. The van der Waals surface area contributed by atoms with Gasteiger partial charge in [0.2, 0.25) is 0 Å². The molecular formula is C21H15Cl3N2O. The second-order valence-corrected chi connectivity index (χ2v) is 7.31. The highest BCUT2D eigenvalue weighted by Gasteiger charge is 2.14. The number of rotatable bonds is 5. The molecular weight excluding hydrogens is 403 g/mol. The van der Waals surface area contributed by atoms with Crippen molar-refractivity contribution in [3.05, 3.63) is 93.2 Å². The Morgan fingerprint density at radius 2 is 1.63 bits per heavy atom.